The second kappa shape index (κ2) is 3.25. The molecular formula is C4H7OS. The molecule has 0 aliphatic heterocycles. The van der Waals surface area contributed by atoms with E-state index in [1.807, 2.05) is 6.92 Å². The zero-order valence-electron chi connectivity index (χ0n) is 3.68. The highest BCUT2D eigenvalue weighted by molar-refractivity contribution is 7.79. The van der Waals surface area contributed by atoms with Crippen molar-refractivity contribution in [3.8, 4) is 0 Å². The van der Waals surface area contributed by atoms with Gasteiger partial charge in [-0.1, -0.05) is 19.1 Å². The highest BCUT2D eigenvalue weighted by Gasteiger charge is 1.91. The summed E-state index contributed by atoms with van der Waals surface area (Å²) in [4.78, 5) is 0. The molecule has 1 unspecified atom stereocenters. The van der Waals surface area contributed by atoms with Crippen molar-refractivity contribution in [3.05, 3.63) is 0 Å². The van der Waals surface area contributed by atoms with Gasteiger partial charge in [0, 0.05) is 5.37 Å². The molecule has 0 aliphatic carbocycles. The van der Waals surface area contributed by atoms with Gasteiger partial charge in [0.25, 0.3) is 0 Å². The van der Waals surface area contributed by atoms with Crippen molar-refractivity contribution in [1.82, 2.24) is 0 Å². The monoisotopic (exact) mass is 103 g/mol. The van der Waals surface area contributed by atoms with Gasteiger partial charge in [-0.15, -0.1) is 0 Å². The first-order valence-electron chi connectivity index (χ1n) is 1.92. The SMILES string of the molecule is CCC([O])C=S. The van der Waals surface area contributed by atoms with Crippen LogP contribution in [0.2, 0.25) is 0 Å². The van der Waals surface area contributed by atoms with Crippen LogP contribution in [0.5, 0.6) is 0 Å². The van der Waals surface area contributed by atoms with Crippen LogP contribution in [0.1, 0.15) is 13.3 Å². The van der Waals surface area contributed by atoms with Gasteiger partial charge in [-0.05, 0) is 6.42 Å². The third-order valence-corrected chi connectivity index (χ3v) is 0.858. The van der Waals surface area contributed by atoms with Gasteiger partial charge < -0.3 is 0 Å². The van der Waals surface area contributed by atoms with Crippen molar-refractivity contribution in [3.63, 3.8) is 0 Å². The Morgan fingerprint density at radius 2 is 2.50 bits per heavy atom. The third kappa shape index (κ3) is 2.30. The molecule has 2 heteroatoms. The lowest BCUT2D eigenvalue weighted by Gasteiger charge is -1.87. The molecule has 0 N–H and O–H groups in total. The average Bonchev–Trinajstić information content (AvgIpc) is 1.65. The minimum absolute atomic E-state index is 0.615. The smallest absolute Gasteiger partial charge is 0.121 e. The lowest BCUT2D eigenvalue weighted by molar-refractivity contribution is 0.148. The summed E-state index contributed by atoms with van der Waals surface area (Å²) in [5.41, 5.74) is 0. The Morgan fingerprint density at radius 3 is 2.50 bits per heavy atom. The van der Waals surface area contributed by atoms with Crippen LogP contribution in [-0.2, 0) is 5.11 Å². The topological polar surface area (TPSA) is 19.9 Å². The second-order valence-corrected chi connectivity index (χ2v) is 1.35. The molecule has 0 rings (SSSR count). The Labute approximate surface area is 43.0 Å². The van der Waals surface area contributed by atoms with Crippen molar-refractivity contribution < 1.29 is 5.11 Å². The summed E-state index contributed by atoms with van der Waals surface area (Å²) >= 11 is 4.34. The van der Waals surface area contributed by atoms with Gasteiger partial charge in [0.2, 0.25) is 0 Å². The van der Waals surface area contributed by atoms with E-state index in [0.717, 1.165) is 0 Å². The van der Waals surface area contributed by atoms with Gasteiger partial charge >= 0.3 is 0 Å². The fourth-order valence-electron chi connectivity index (χ4n) is 0.0962. The van der Waals surface area contributed by atoms with Crippen LogP contribution in [0, 0.1) is 0 Å². The summed E-state index contributed by atoms with van der Waals surface area (Å²) in [6, 6.07) is 0. The van der Waals surface area contributed by atoms with E-state index < -0.39 is 6.10 Å². The molecule has 0 spiro atoms. The van der Waals surface area contributed by atoms with Crippen LogP contribution in [0.15, 0.2) is 0 Å². The number of hydrogen-bond donors (Lipinski definition) is 0. The third-order valence-electron chi connectivity index (χ3n) is 0.554. The van der Waals surface area contributed by atoms with Gasteiger partial charge in [0.1, 0.15) is 6.10 Å². The molecule has 0 amide bonds. The summed E-state index contributed by atoms with van der Waals surface area (Å²) in [5, 5.41) is 11.4. The van der Waals surface area contributed by atoms with Gasteiger partial charge in [-0.2, -0.15) is 0 Å². The van der Waals surface area contributed by atoms with Crippen molar-refractivity contribution in [1.29, 1.82) is 0 Å². The van der Waals surface area contributed by atoms with Crippen molar-refractivity contribution in [2.24, 2.45) is 0 Å². The minimum atomic E-state index is -0.625. The first-order valence-corrected chi connectivity index (χ1v) is 2.39. The van der Waals surface area contributed by atoms with E-state index in [4.69, 9.17) is 0 Å². The Bertz CT molecular complexity index is 44.8. The van der Waals surface area contributed by atoms with Crippen LogP contribution in [0.4, 0.5) is 0 Å². The zero-order valence-corrected chi connectivity index (χ0v) is 4.49. The molecule has 0 aromatic carbocycles. The highest BCUT2D eigenvalue weighted by atomic mass is 32.1. The minimum Gasteiger partial charge on any atom is -0.228 e. The second-order valence-electron chi connectivity index (χ2n) is 1.08. The molecule has 35 valence electrons. The molecule has 0 bridgehead atoms. The highest BCUT2D eigenvalue weighted by Crippen LogP contribution is 1.83. The maximum atomic E-state index is 10.1. The largest absolute Gasteiger partial charge is 0.228 e. The van der Waals surface area contributed by atoms with E-state index in [9.17, 15) is 5.11 Å². The average molecular weight is 103 g/mol. The predicted octanol–water partition coefficient (Wildman–Crippen LogP) is 1.20. The summed E-state index contributed by atoms with van der Waals surface area (Å²) in [5.74, 6) is 0. The van der Waals surface area contributed by atoms with E-state index in [1.54, 1.807) is 0 Å². The van der Waals surface area contributed by atoms with Crippen molar-refractivity contribution in [2.75, 3.05) is 0 Å². The first-order chi connectivity index (χ1) is 2.81. The maximum Gasteiger partial charge on any atom is 0.121 e. The van der Waals surface area contributed by atoms with Crippen LogP contribution in [-0.4, -0.2) is 11.5 Å². The number of rotatable bonds is 2. The predicted molar refractivity (Wildman–Crippen MR) is 28.4 cm³/mol. The summed E-state index contributed by atoms with van der Waals surface area (Å²) in [6.45, 7) is 1.82. The number of thiocarbonyl (C=S) groups is 1. The number of hydrogen-bond acceptors (Lipinski definition) is 1. The van der Waals surface area contributed by atoms with E-state index in [2.05, 4.69) is 12.2 Å². The van der Waals surface area contributed by atoms with Crippen LogP contribution >= 0.6 is 12.2 Å². The van der Waals surface area contributed by atoms with Gasteiger partial charge in [-0.25, -0.2) is 5.11 Å². The molecule has 0 fully saturated rings. The molecular weight excluding hydrogens is 96.1 g/mol. The molecule has 0 aromatic rings. The standard InChI is InChI=1S/C4H7OS/c1-2-4(5)3-6/h3-4H,2H2,1H3. The molecule has 0 aliphatic rings. The molecule has 0 heterocycles. The Kier molecular flexibility index (Phi) is 3.28. The van der Waals surface area contributed by atoms with Crippen LogP contribution < -0.4 is 0 Å². The fourth-order valence-corrected chi connectivity index (χ4v) is 0.289. The molecule has 0 saturated carbocycles. The van der Waals surface area contributed by atoms with E-state index in [-0.39, 0.29) is 0 Å². The van der Waals surface area contributed by atoms with Crippen molar-refractivity contribution in [2.45, 2.75) is 19.4 Å². The van der Waals surface area contributed by atoms with Crippen LogP contribution in [0.3, 0.4) is 0 Å². The summed E-state index contributed by atoms with van der Waals surface area (Å²) in [6.07, 6.45) is -0.0104. The van der Waals surface area contributed by atoms with Gasteiger partial charge in [-0.3, -0.25) is 0 Å². The Balaban J connectivity index is 2.96. The molecule has 1 nitrogen and oxygen atoms in total. The molecule has 0 saturated heterocycles. The lowest BCUT2D eigenvalue weighted by atomic mass is 10.3. The van der Waals surface area contributed by atoms with Crippen molar-refractivity contribution >= 4 is 17.6 Å². The van der Waals surface area contributed by atoms with Crippen LogP contribution in [0.25, 0.3) is 0 Å². The summed E-state index contributed by atoms with van der Waals surface area (Å²) in [7, 11) is 0. The quantitative estimate of drug-likeness (QED) is 0.481. The maximum absolute atomic E-state index is 10.1. The lowest BCUT2D eigenvalue weighted by Crippen LogP contribution is -1.99. The van der Waals surface area contributed by atoms with E-state index >= 15 is 0 Å². The van der Waals surface area contributed by atoms with Gasteiger partial charge in [0.15, 0.2) is 0 Å². The van der Waals surface area contributed by atoms with E-state index in [0.29, 0.717) is 6.42 Å². The molecule has 6 heavy (non-hydrogen) atoms. The van der Waals surface area contributed by atoms with Gasteiger partial charge in [0.05, 0.1) is 0 Å². The molecule has 1 radical (unpaired) electrons. The summed E-state index contributed by atoms with van der Waals surface area (Å²) < 4.78 is 0. The Morgan fingerprint density at radius 1 is 2.00 bits per heavy atom. The van der Waals surface area contributed by atoms with E-state index in [1.165, 1.54) is 5.37 Å². The Hall–Kier alpha value is 0.0500. The zero-order chi connectivity index (χ0) is 4.99. The normalized spacial score (nSPS) is 13.7. The molecule has 1 atom stereocenters. The fraction of sp³-hybridized carbons (Fsp3) is 0.750. The first kappa shape index (κ1) is 6.05. The molecule has 0 aromatic heterocycles.